The predicted molar refractivity (Wildman–Crippen MR) is 124 cm³/mol. The summed E-state index contributed by atoms with van der Waals surface area (Å²) in [6, 6.07) is 4.63. The predicted octanol–water partition coefficient (Wildman–Crippen LogP) is 3.68. The molecule has 2 aliphatic rings. The minimum absolute atomic E-state index is 0.173. The van der Waals surface area contributed by atoms with E-state index in [1.807, 2.05) is 20.0 Å². The summed E-state index contributed by atoms with van der Waals surface area (Å²) in [6.07, 6.45) is 9.59. The molecule has 2 fully saturated rings. The fourth-order valence-corrected chi connectivity index (χ4v) is 4.50. The van der Waals surface area contributed by atoms with E-state index in [0.717, 1.165) is 91.7 Å². The lowest BCUT2D eigenvalue weighted by Gasteiger charge is -2.31. The number of nitrogens with one attached hydrogen (secondary N) is 1. The van der Waals surface area contributed by atoms with Gasteiger partial charge in [-0.05, 0) is 45.6 Å². The van der Waals surface area contributed by atoms with Crippen LogP contribution >= 0.6 is 0 Å². The molecule has 0 bridgehead atoms. The van der Waals surface area contributed by atoms with Crippen molar-refractivity contribution in [3.05, 3.63) is 42.1 Å². The number of hydrogen-bond acceptors (Lipinski definition) is 8. The Morgan fingerprint density at radius 2 is 1.78 bits per heavy atom. The second-order valence-electron chi connectivity index (χ2n) is 8.65. The number of aromatic nitrogens is 4. The van der Waals surface area contributed by atoms with Gasteiger partial charge in [0.15, 0.2) is 0 Å². The van der Waals surface area contributed by atoms with E-state index in [9.17, 15) is 0 Å². The van der Waals surface area contributed by atoms with Gasteiger partial charge in [0.2, 0.25) is 0 Å². The molecular formula is C24H30N6O2. The van der Waals surface area contributed by atoms with Crippen LogP contribution in [0.25, 0.3) is 11.0 Å². The minimum Gasteiger partial charge on any atom is -0.488 e. The molecule has 0 atom stereocenters. The lowest BCUT2D eigenvalue weighted by Crippen LogP contribution is -2.36. The molecule has 0 spiro atoms. The van der Waals surface area contributed by atoms with E-state index in [1.165, 1.54) is 0 Å². The van der Waals surface area contributed by atoms with E-state index in [4.69, 9.17) is 9.47 Å². The van der Waals surface area contributed by atoms with Crippen molar-refractivity contribution in [2.45, 2.75) is 51.7 Å². The van der Waals surface area contributed by atoms with Gasteiger partial charge in [-0.2, -0.15) is 0 Å². The number of rotatable bonds is 5. The van der Waals surface area contributed by atoms with Crippen molar-refractivity contribution in [3.63, 3.8) is 0 Å². The first-order chi connectivity index (χ1) is 15.7. The first kappa shape index (κ1) is 20.9. The van der Waals surface area contributed by atoms with Crippen LogP contribution in [0.4, 0.5) is 11.5 Å². The summed E-state index contributed by atoms with van der Waals surface area (Å²) < 4.78 is 12.0. The third-order valence-corrected chi connectivity index (χ3v) is 6.30. The maximum atomic E-state index is 6.53. The Bertz CT molecular complexity index is 1080. The fourth-order valence-electron chi connectivity index (χ4n) is 4.50. The highest BCUT2D eigenvalue weighted by Crippen LogP contribution is 2.33. The molecular weight excluding hydrogens is 404 g/mol. The Kier molecular flexibility index (Phi) is 6.03. The number of benzene rings is 1. The molecule has 0 amide bonds. The zero-order valence-electron chi connectivity index (χ0n) is 18.8. The van der Waals surface area contributed by atoms with Gasteiger partial charge in [0.1, 0.15) is 22.9 Å². The molecule has 5 rings (SSSR count). The highest BCUT2D eigenvalue weighted by atomic mass is 16.5. The van der Waals surface area contributed by atoms with Crippen LogP contribution in [-0.2, 0) is 4.74 Å². The van der Waals surface area contributed by atoms with Gasteiger partial charge in [-0.25, -0.2) is 15.0 Å². The van der Waals surface area contributed by atoms with Crippen LogP contribution in [0.3, 0.4) is 0 Å². The van der Waals surface area contributed by atoms with Crippen molar-refractivity contribution in [1.29, 1.82) is 0 Å². The molecule has 3 heterocycles. The monoisotopic (exact) mass is 434 g/mol. The van der Waals surface area contributed by atoms with Gasteiger partial charge in [0.05, 0.1) is 24.8 Å². The second kappa shape index (κ2) is 9.24. The number of nitrogens with zero attached hydrogens (tertiary/aromatic N) is 5. The Hall–Kier alpha value is -3.00. The average Bonchev–Trinajstić information content (AvgIpc) is 2.83. The van der Waals surface area contributed by atoms with Gasteiger partial charge in [-0.15, -0.1) is 0 Å². The first-order valence-electron chi connectivity index (χ1n) is 11.5. The second-order valence-corrected chi connectivity index (χ2v) is 8.65. The van der Waals surface area contributed by atoms with Crippen molar-refractivity contribution < 1.29 is 9.47 Å². The highest BCUT2D eigenvalue weighted by Gasteiger charge is 2.25. The number of aryl methyl sites for hydroxylation is 2. The van der Waals surface area contributed by atoms with E-state index in [1.54, 1.807) is 12.4 Å². The number of fused-ring (bicyclic) bond motifs is 1. The van der Waals surface area contributed by atoms with E-state index >= 15 is 0 Å². The zero-order valence-corrected chi connectivity index (χ0v) is 18.8. The molecule has 1 aromatic carbocycles. The molecule has 8 heteroatoms. The van der Waals surface area contributed by atoms with Crippen molar-refractivity contribution in [3.8, 4) is 5.75 Å². The van der Waals surface area contributed by atoms with Gasteiger partial charge >= 0.3 is 0 Å². The lowest BCUT2D eigenvalue weighted by atomic mass is 9.92. The summed E-state index contributed by atoms with van der Waals surface area (Å²) in [4.78, 5) is 20.3. The quantitative estimate of drug-likeness (QED) is 0.651. The van der Waals surface area contributed by atoms with E-state index < -0.39 is 0 Å². The largest absolute Gasteiger partial charge is 0.488 e. The molecule has 3 aromatic rings. The molecule has 1 N–H and O–H groups in total. The van der Waals surface area contributed by atoms with Crippen LogP contribution in [0.15, 0.2) is 30.7 Å². The SMILES string of the molecule is Cc1ncc(C)c(NC2CCC(Oc3cc(N4CCOCC4)cc4nccnc34)CC2)n1. The molecule has 0 unspecified atom stereocenters. The van der Waals surface area contributed by atoms with Gasteiger partial charge in [-0.3, -0.25) is 4.98 Å². The van der Waals surface area contributed by atoms with Crippen LogP contribution in [0, 0.1) is 13.8 Å². The Morgan fingerprint density at radius 3 is 2.59 bits per heavy atom. The van der Waals surface area contributed by atoms with E-state index in [0.29, 0.717) is 6.04 Å². The summed E-state index contributed by atoms with van der Waals surface area (Å²) >= 11 is 0. The van der Waals surface area contributed by atoms with Gasteiger partial charge in [0.25, 0.3) is 0 Å². The number of anilines is 2. The Labute approximate surface area is 188 Å². The van der Waals surface area contributed by atoms with Crippen LogP contribution in [0.1, 0.15) is 37.1 Å². The summed E-state index contributed by atoms with van der Waals surface area (Å²) in [6.45, 7) is 7.22. The maximum Gasteiger partial charge on any atom is 0.149 e. The van der Waals surface area contributed by atoms with Gasteiger partial charge in [0, 0.05) is 55.0 Å². The molecule has 0 radical (unpaired) electrons. The number of hydrogen-bond donors (Lipinski definition) is 1. The lowest BCUT2D eigenvalue weighted by molar-refractivity contribution is 0.122. The molecule has 1 saturated heterocycles. The normalized spacial score (nSPS) is 21.5. The topological polar surface area (TPSA) is 85.3 Å². The Balaban J connectivity index is 1.28. The number of morpholine rings is 1. The maximum absolute atomic E-state index is 6.53. The molecule has 1 saturated carbocycles. The van der Waals surface area contributed by atoms with Crippen LogP contribution in [0.2, 0.25) is 0 Å². The first-order valence-corrected chi connectivity index (χ1v) is 11.5. The molecule has 2 aromatic heterocycles. The summed E-state index contributed by atoms with van der Waals surface area (Å²) in [5.74, 6) is 2.57. The van der Waals surface area contributed by atoms with Crippen LogP contribution in [0.5, 0.6) is 5.75 Å². The van der Waals surface area contributed by atoms with Crippen molar-refractivity contribution in [1.82, 2.24) is 19.9 Å². The van der Waals surface area contributed by atoms with Crippen LogP contribution < -0.4 is 15.0 Å². The van der Waals surface area contributed by atoms with Gasteiger partial charge < -0.3 is 19.7 Å². The van der Waals surface area contributed by atoms with Crippen molar-refractivity contribution in [2.75, 3.05) is 36.5 Å². The van der Waals surface area contributed by atoms with Gasteiger partial charge in [-0.1, -0.05) is 0 Å². The Morgan fingerprint density at radius 1 is 1.00 bits per heavy atom. The summed E-state index contributed by atoms with van der Waals surface area (Å²) in [5, 5.41) is 3.61. The number of ether oxygens (including phenoxy) is 2. The van der Waals surface area contributed by atoms with Crippen molar-refractivity contribution in [2.24, 2.45) is 0 Å². The molecule has 168 valence electrons. The minimum atomic E-state index is 0.173. The van der Waals surface area contributed by atoms with Crippen LogP contribution in [-0.4, -0.2) is 58.4 Å². The smallest absolute Gasteiger partial charge is 0.149 e. The average molecular weight is 435 g/mol. The summed E-state index contributed by atoms with van der Waals surface area (Å²) in [5.41, 5.74) is 3.91. The molecule has 8 nitrogen and oxygen atoms in total. The summed E-state index contributed by atoms with van der Waals surface area (Å²) in [7, 11) is 0. The third kappa shape index (κ3) is 4.60. The third-order valence-electron chi connectivity index (χ3n) is 6.30. The molecule has 1 aliphatic heterocycles. The van der Waals surface area contributed by atoms with Crippen molar-refractivity contribution >= 4 is 22.5 Å². The molecule has 32 heavy (non-hydrogen) atoms. The fraction of sp³-hybridized carbons (Fsp3) is 0.500. The van der Waals surface area contributed by atoms with E-state index in [2.05, 4.69) is 42.3 Å². The van der Waals surface area contributed by atoms with E-state index in [-0.39, 0.29) is 6.10 Å². The molecule has 1 aliphatic carbocycles. The zero-order chi connectivity index (χ0) is 21.9. The standard InChI is InChI=1S/C24H30N6O2/c1-16-15-27-17(2)28-24(16)29-18-3-5-20(6-4-18)32-22-14-19(30-9-11-31-12-10-30)13-21-23(22)26-8-7-25-21/h7-8,13-15,18,20H,3-6,9-12H2,1-2H3,(H,27,28,29). The highest BCUT2D eigenvalue weighted by molar-refractivity contribution is 5.85.